The van der Waals surface area contributed by atoms with Crippen LogP contribution in [-0.2, 0) is 0 Å². The van der Waals surface area contributed by atoms with E-state index in [2.05, 4.69) is 35.6 Å². The number of benzene rings is 2. The van der Waals surface area contributed by atoms with Crippen LogP contribution in [0.2, 0.25) is 5.02 Å². The summed E-state index contributed by atoms with van der Waals surface area (Å²) < 4.78 is 12.1. The number of nitrogens with zero attached hydrogens (tertiary/aromatic N) is 1. The van der Waals surface area contributed by atoms with Gasteiger partial charge in [0.15, 0.2) is 11.5 Å². The summed E-state index contributed by atoms with van der Waals surface area (Å²) in [4.78, 5) is 0. The Bertz CT molecular complexity index is 779. The van der Waals surface area contributed by atoms with Gasteiger partial charge in [-0.05, 0) is 70.5 Å². The number of allylic oxidation sites excluding steroid dienone is 1. The normalized spacial score (nSPS) is 11.0. The van der Waals surface area contributed by atoms with Crippen molar-refractivity contribution in [2.24, 2.45) is 0 Å². The van der Waals surface area contributed by atoms with Crippen molar-refractivity contribution in [3.8, 4) is 17.6 Å². The first-order valence-corrected chi connectivity index (χ1v) is 8.92. The lowest BCUT2D eigenvalue weighted by molar-refractivity contribution is 0.292. The molecule has 0 aliphatic rings. The number of methoxy groups -OCH3 is 1. The van der Waals surface area contributed by atoms with Crippen LogP contribution in [0.15, 0.2) is 36.4 Å². The molecule has 0 saturated carbocycles. The number of rotatable bonds is 6. The highest BCUT2D eigenvalue weighted by molar-refractivity contribution is 14.1. The summed E-state index contributed by atoms with van der Waals surface area (Å²) in [6, 6.07) is 13.3. The summed E-state index contributed by atoms with van der Waals surface area (Å²) in [6.07, 6.45) is 2.76. The fourth-order valence-electron chi connectivity index (χ4n) is 2.14. The minimum atomic E-state index is 0.562. The largest absolute Gasteiger partial charge is 0.493 e. The average Bonchev–Trinajstić information content (AvgIpc) is 2.59. The molecule has 24 heavy (non-hydrogen) atoms. The number of hydrogen-bond donors (Lipinski definition) is 0. The third kappa shape index (κ3) is 4.65. The Morgan fingerprint density at radius 1 is 1.29 bits per heavy atom. The second-order valence-electron chi connectivity index (χ2n) is 5.06. The van der Waals surface area contributed by atoms with Crippen LogP contribution < -0.4 is 9.47 Å². The van der Waals surface area contributed by atoms with Crippen LogP contribution in [-0.4, -0.2) is 13.7 Å². The predicted octanol–water partition coefficient (Wildman–Crippen LogP) is 5.81. The van der Waals surface area contributed by atoms with Crippen LogP contribution in [0.1, 0.15) is 24.5 Å². The lowest BCUT2D eigenvalue weighted by Gasteiger charge is -2.13. The highest BCUT2D eigenvalue weighted by atomic mass is 127. The molecule has 0 unspecified atom stereocenters. The lowest BCUT2D eigenvalue weighted by Crippen LogP contribution is -2.00. The number of hydrogen-bond acceptors (Lipinski definition) is 3. The van der Waals surface area contributed by atoms with Crippen molar-refractivity contribution in [2.45, 2.75) is 13.3 Å². The number of halogens is 2. The summed E-state index contributed by atoms with van der Waals surface area (Å²) in [5, 5.41) is 10.1. The van der Waals surface area contributed by atoms with Crippen molar-refractivity contribution in [1.29, 1.82) is 5.26 Å². The summed E-state index contributed by atoms with van der Waals surface area (Å²) in [6.45, 7) is 2.69. The van der Waals surface area contributed by atoms with E-state index in [9.17, 15) is 5.26 Å². The Morgan fingerprint density at radius 3 is 2.58 bits per heavy atom. The molecule has 124 valence electrons. The molecule has 2 rings (SSSR count). The summed E-state index contributed by atoms with van der Waals surface area (Å²) in [7, 11) is 1.61. The minimum Gasteiger partial charge on any atom is -0.493 e. The second kappa shape index (κ2) is 8.95. The fourth-order valence-corrected chi connectivity index (χ4v) is 3.05. The Hall–Kier alpha value is -1.71. The van der Waals surface area contributed by atoms with Gasteiger partial charge in [-0.15, -0.1) is 0 Å². The average molecular weight is 454 g/mol. The van der Waals surface area contributed by atoms with Gasteiger partial charge in [-0.25, -0.2) is 0 Å². The first-order chi connectivity index (χ1) is 11.6. The molecule has 0 saturated heterocycles. The molecular weight excluding hydrogens is 437 g/mol. The molecule has 2 aromatic carbocycles. The standard InChI is InChI=1S/C19H17ClINO2/c1-3-8-24-19-17(21)10-13(11-18(19)23-2)9-15(12-22)14-4-6-16(20)7-5-14/h4-7,9-11H,3,8H2,1-2H3/b15-9+. The molecule has 0 aliphatic carbocycles. The van der Waals surface area contributed by atoms with Crippen molar-refractivity contribution in [3.63, 3.8) is 0 Å². The molecule has 5 heteroatoms. The van der Waals surface area contributed by atoms with Gasteiger partial charge in [-0.3, -0.25) is 0 Å². The van der Waals surface area contributed by atoms with Crippen LogP contribution in [0.25, 0.3) is 11.6 Å². The maximum Gasteiger partial charge on any atom is 0.174 e. The Balaban J connectivity index is 2.42. The topological polar surface area (TPSA) is 42.2 Å². The van der Waals surface area contributed by atoms with Gasteiger partial charge in [-0.1, -0.05) is 30.7 Å². The Morgan fingerprint density at radius 2 is 2.00 bits per heavy atom. The Labute approximate surface area is 161 Å². The molecule has 3 nitrogen and oxygen atoms in total. The van der Waals surface area contributed by atoms with Gasteiger partial charge in [-0.2, -0.15) is 5.26 Å². The summed E-state index contributed by atoms with van der Waals surface area (Å²) in [5.41, 5.74) is 2.26. The highest BCUT2D eigenvalue weighted by Crippen LogP contribution is 2.35. The smallest absolute Gasteiger partial charge is 0.174 e. The number of nitriles is 1. The molecular formula is C19H17ClINO2. The molecule has 0 amide bonds. The quantitative estimate of drug-likeness (QED) is 0.315. The molecule has 0 N–H and O–H groups in total. The van der Waals surface area contributed by atoms with Crippen LogP contribution in [0, 0.1) is 14.9 Å². The van der Waals surface area contributed by atoms with E-state index in [1.165, 1.54) is 0 Å². The van der Waals surface area contributed by atoms with E-state index in [4.69, 9.17) is 21.1 Å². The summed E-state index contributed by atoms with van der Waals surface area (Å²) in [5.74, 6) is 1.40. The molecule has 0 atom stereocenters. The van der Waals surface area contributed by atoms with E-state index >= 15 is 0 Å². The third-order valence-electron chi connectivity index (χ3n) is 3.29. The van der Waals surface area contributed by atoms with Gasteiger partial charge in [0.05, 0.1) is 28.9 Å². The molecule has 0 bridgehead atoms. The molecule has 0 aliphatic heterocycles. The van der Waals surface area contributed by atoms with Crippen molar-refractivity contribution in [1.82, 2.24) is 0 Å². The SMILES string of the molecule is CCCOc1c(I)cc(/C=C(\C#N)c2ccc(Cl)cc2)cc1OC. The first kappa shape index (κ1) is 18.6. The molecule has 0 radical (unpaired) electrons. The van der Waals surface area contributed by atoms with Crippen LogP contribution in [0.4, 0.5) is 0 Å². The Kier molecular flexibility index (Phi) is 6.95. The van der Waals surface area contributed by atoms with E-state index in [1.807, 2.05) is 30.3 Å². The van der Waals surface area contributed by atoms with Crippen LogP contribution in [0.3, 0.4) is 0 Å². The second-order valence-corrected chi connectivity index (χ2v) is 6.66. The zero-order valence-electron chi connectivity index (χ0n) is 13.5. The van der Waals surface area contributed by atoms with Crippen LogP contribution >= 0.6 is 34.2 Å². The van der Waals surface area contributed by atoms with Gasteiger partial charge in [0.2, 0.25) is 0 Å². The predicted molar refractivity (Wildman–Crippen MR) is 106 cm³/mol. The van der Waals surface area contributed by atoms with Crippen molar-refractivity contribution in [3.05, 3.63) is 56.1 Å². The van der Waals surface area contributed by atoms with Crippen molar-refractivity contribution < 1.29 is 9.47 Å². The zero-order valence-corrected chi connectivity index (χ0v) is 16.4. The molecule has 2 aromatic rings. The zero-order chi connectivity index (χ0) is 17.5. The summed E-state index contributed by atoms with van der Waals surface area (Å²) >= 11 is 8.12. The molecule has 0 spiro atoms. The third-order valence-corrected chi connectivity index (χ3v) is 4.34. The van der Waals surface area contributed by atoms with E-state index in [0.29, 0.717) is 23.0 Å². The molecule has 0 heterocycles. The van der Waals surface area contributed by atoms with Crippen LogP contribution in [0.5, 0.6) is 11.5 Å². The minimum absolute atomic E-state index is 0.562. The lowest BCUT2D eigenvalue weighted by atomic mass is 10.0. The van der Waals surface area contributed by atoms with E-state index < -0.39 is 0 Å². The fraction of sp³-hybridized carbons (Fsp3) is 0.211. The molecule has 0 aromatic heterocycles. The first-order valence-electron chi connectivity index (χ1n) is 7.47. The maximum atomic E-state index is 9.47. The van der Waals surface area contributed by atoms with E-state index in [1.54, 1.807) is 19.2 Å². The monoisotopic (exact) mass is 453 g/mol. The van der Waals surface area contributed by atoms with Gasteiger partial charge in [0, 0.05) is 5.02 Å². The van der Waals surface area contributed by atoms with Crippen molar-refractivity contribution >= 4 is 45.8 Å². The maximum absolute atomic E-state index is 9.47. The van der Waals surface area contributed by atoms with Gasteiger partial charge >= 0.3 is 0 Å². The number of ether oxygens (including phenoxy) is 2. The van der Waals surface area contributed by atoms with Gasteiger partial charge < -0.3 is 9.47 Å². The van der Waals surface area contributed by atoms with E-state index in [-0.39, 0.29) is 0 Å². The highest BCUT2D eigenvalue weighted by Gasteiger charge is 2.11. The molecule has 0 fully saturated rings. The van der Waals surface area contributed by atoms with Gasteiger partial charge in [0.25, 0.3) is 0 Å². The van der Waals surface area contributed by atoms with Crippen molar-refractivity contribution in [2.75, 3.05) is 13.7 Å². The van der Waals surface area contributed by atoms with Gasteiger partial charge in [0.1, 0.15) is 0 Å². The van der Waals surface area contributed by atoms with E-state index in [0.717, 1.165) is 26.9 Å².